The molecule has 0 radical (unpaired) electrons. The number of carbonyl (C=O) groups is 2. The lowest BCUT2D eigenvalue weighted by molar-refractivity contribution is -0.133. The molecular weight excluding hydrogens is 452 g/mol. The maximum Gasteiger partial charge on any atom is 0.289 e. The van der Waals surface area contributed by atoms with E-state index < -0.39 is 0 Å². The van der Waals surface area contributed by atoms with Crippen LogP contribution in [-0.4, -0.2) is 57.6 Å². The Bertz CT molecular complexity index is 1260. The van der Waals surface area contributed by atoms with Crippen molar-refractivity contribution in [1.82, 2.24) is 19.6 Å². The Morgan fingerprint density at radius 3 is 2.50 bits per heavy atom. The highest BCUT2D eigenvalue weighted by molar-refractivity contribution is 5.95. The Hall–Kier alpha value is -3.35. The molecule has 6 rings (SSSR count). The highest BCUT2D eigenvalue weighted by Crippen LogP contribution is 2.39. The minimum atomic E-state index is -0.00812. The van der Waals surface area contributed by atoms with Crippen LogP contribution < -0.4 is 0 Å². The quantitative estimate of drug-likeness (QED) is 0.540. The largest absolute Gasteiger partial charge is 0.455 e. The molecule has 2 saturated heterocycles. The number of likely N-dealkylation sites (tertiary alicyclic amines) is 2. The molecule has 2 amide bonds. The molecular formula is C29H34N4O3. The molecule has 0 saturated carbocycles. The summed E-state index contributed by atoms with van der Waals surface area (Å²) in [4.78, 5) is 30.0. The lowest BCUT2D eigenvalue weighted by atomic mass is 9.90. The first-order chi connectivity index (χ1) is 17.6. The number of amides is 2. The monoisotopic (exact) mass is 486 g/mol. The van der Waals surface area contributed by atoms with Crippen molar-refractivity contribution in [3.63, 3.8) is 0 Å². The first-order valence-electron chi connectivity index (χ1n) is 13.4. The maximum absolute atomic E-state index is 13.1. The van der Waals surface area contributed by atoms with E-state index in [2.05, 4.69) is 30.3 Å². The minimum Gasteiger partial charge on any atom is -0.455 e. The lowest BCUT2D eigenvalue weighted by Gasteiger charge is -2.32. The number of nitrogens with zero attached hydrogens (tertiary/aromatic N) is 4. The maximum atomic E-state index is 13.1. The van der Waals surface area contributed by atoms with Crippen LogP contribution in [0.3, 0.4) is 0 Å². The fraction of sp³-hybridized carbons (Fsp3) is 0.483. The van der Waals surface area contributed by atoms with Gasteiger partial charge in [0.05, 0.1) is 5.69 Å². The van der Waals surface area contributed by atoms with Gasteiger partial charge in [0.2, 0.25) is 5.91 Å². The van der Waals surface area contributed by atoms with Gasteiger partial charge in [-0.05, 0) is 62.5 Å². The van der Waals surface area contributed by atoms with Crippen molar-refractivity contribution in [2.24, 2.45) is 5.92 Å². The van der Waals surface area contributed by atoms with Gasteiger partial charge in [-0.15, -0.1) is 0 Å². The van der Waals surface area contributed by atoms with Gasteiger partial charge in [0.25, 0.3) is 5.91 Å². The Morgan fingerprint density at radius 1 is 1.00 bits per heavy atom. The Balaban J connectivity index is 1.12. The van der Waals surface area contributed by atoms with E-state index in [1.807, 2.05) is 22.9 Å². The number of rotatable bonds is 5. The van der Waals surface area contributed by atoms with Crippen molar-refractivity contribution >= 4 is 11.8 Å². The Morgan fingerprint density at radius 2 is 1.75 bits per heavy atom. The van der Waals surface area contributed by atoms with E-state index in [0.29, 0.717) is 11.7 Å². The molecule has 2 aromatic heterocycles. The van der Waals surface area contributed by atoms with Crippen molar-refractivity contribution in [1.29, 1.82) is 0 Å². The zero-order valence-electron chi connectivity index (χ0n) is 21.0. The number of hydrogen-bond donors (Lipinski definition) is 0. The molecule has 1 aromatic carbocycles. The first-order valence-corrected chi connectivity index (χ1v) is 13.4. The van der Waals surface area contributed by atoms with Crippen LogP contribution in [0.25, 0.3) is 11.3 Å². The Labute approximate surface area is 212 Å². The average Bonchev–Trinajstić information content (AvgIpc) is 3.63. The van der Waals surface area contributed by atoms with Gasteiger partial charge in [-0.25, -0.2) is 0 Å². The third-order valence-electron chi connectivity index (χ3n) is 8.13. The molecule has 36 heavy (non-hydrogen) atoms. The van der Waals surface area contributed by atoms with E-state index in [4.69, 9.17) is 9.52 Å². The van der Waals surface area contributed by atoms with Gasteiger partial charge < -0.3 is 14.2 Å². The van der Waals surface area contributed by atoms with Crippen LogP contribution in [0.5, 0.6) is 0 Å². The number of aryl methyl sites for hydroxylation is 2. The normalized spacial score (nSPS) is 17.8. The molecule has 188 valence electrons. The molecule has 2 fully saturated rings. The third kappa shape index (κ3) is 4.36. The summed E-state index contributed by atoms with van der Waals surface area (Å²) in [7, 11) is 0. The van der Waals surface area contributed by atoms with Crippen molar-refractivity contribution in [2.45, 2.75) is 58.4 Å². The molecule has 0 N–H and O–H groups in total. The molecule has 7 nitrogen and oxygen atoms in total. The summed E-state index contributed by atoms with van der Waals surface area (Å²) < 4.78 is 7.87. The molecule has 3 aliphatic rings. The van der Waals surface area contributed by atoms with Crippen molar-refractivity contribution in [3.05, 3.63) is 64.7 Å². The molecule has 2 aliphatic heterocycles. The first kappa shape index (κ1) is 23.1. The standard InChI is InChI=1S/C29H34N4O3/c1-20-26-24(36-28(20)29(35)32-13-5-6-14-32)10-9-23-18-33(30-27(23)26)19-25(34)31-15-11-22(12-16-31)17-21-7-3-2-4-8-21/h2-4,7-8,18,22H,5-6,9-17,19H2,1H3. The van der Waals surface area contributed by atoms with Crippen LogP contribution in [0.15, 0.2) is 40.9 Å². The Kier molecular flexibility index (Phi) is 6.15. The number of furan rings is 1. The highest BCUT2D eigenvalue weighted by Gasteiger charge is 2.32. The molecule has 0 spiro atoms. The van der Waals surface area contributed by atoms with E-state index >= 15 is 0 Å². The van der Waals surface area contributed by atoms with Crippen molar-refractivity contribution in [2.75, 3.05) is 26.2 Å². The number of benzene rings is 1. The van der Waals surface area contributed by atoms with Gasteiger partial charge in [-0.1, -0.05) is 30.3 Å². The van der Waals surface area contributed by atoms with Gasteiger partial charge >= 0.3 is 0 Å². The van der Waals surface area contributed by atoms with Crippen molar-refractivity contribution in [3.8, 4) is 11.3 Å². The minimum absolute atomic E-state index is 0.00812. The molecule has 0 unspecified atom stereocenters. The SMILES string of the molecule is Cc1c(C(=O)N2CCCC2)oc2c1-c1nn(CC(=O)N3CCC(Cc4ccccc4)CC3)cc1CC2. The fourth-order valence-electron chi connectivity index (χ4n) is 6.08. The summed E-state index contributed by atoms with van der Waals surface area (Å²) >= 11 is 0. The van der Waals surface area contributed by atoms with Crippen LogP contribution >= 0.6 is 0 Å². The van der Waals surface area contributed by atoms with Gasteiger partial charge in [0.1, 0.15) is 12.3 Å². The van der Waals surface area contributed by atoms with Crippen LogP contribution in [0.4, 0.5) is 0 Å². The van der Waals surface area contributed by atoms with Crippen molar-refractivity contribution < 1.29 is 14.0 Å². The fourth-order valence-corrected chi connectivity index (χ4v) is 6.08. The van der Waals surface area contributed by atoms with Gasteiger partial charge in [0.15, 0.2) is 5.76 Å². The second kappa shape index (κ2) is 9.60. The predicted octanol–water partition coefficient (Wildman–Crippen LogP) is 4.27. The number of hydrogen-bond acceptors (Lipinski definition) is 4. The summed E-state index contributed by atoms with van der Waals surface area (Å²) in [6.45, 7) is 5.44. The summed E-state index contributed by atoms with van der Waals surface area (Å²) in [5, 5.41) is 4.81. The lowest BCUT2D eigenvalue weighted by Crippen LogP contribution is -2.40. The topological polar surface area (TPSA) is 71.6 Å². The van der Waals surface area contributed by atoms with Crippen LogP contribution in [0.1, 0.15) is 58.7 Å². The van der Waals surface area contributed by atoms with Gasteiger partial charge in [0, 0.05) is 49.9 Å². The number of piperidine rings is 1. The molecule has 7 heteroatoms. The zero-order valence-corrected chi connectivity index (χ0v) is 21.0. The molecule has 1 aliphatic carbocycles. The summed E-state index contributed by atoms with van der Waals surface area (Å²) in [6, 6.07) is 10.6. The van der Waals surface area contributed by atoms with E-state index in [1.165, 1.54) is 5.56 Å². The number of carbonyl (C=O) groups excluding carboxylic acids is 2. The second-order valence-corrected chi connectivity index (χ2v) is 10.6. The molecule has 4 heterocycles. The number of fused-ring (bicyclic) bond motifs is 3. The van der Waals surface area contributed by atoms with Gasteiger partial charge in [-0.3, -0.25) is 14.3 Å². The molecule has 0 bridgehead atoms. The average molecular weight is 487 g/mol. The summed E-state index contributed by atoms with van der Waals surface area (Å²) in [5.74, 6) is 2.06. The zero-order chi connectivity index (χ0) is 24.6. The van der Waals surface area contributed by atoms with E-state index in [-0.39, 0.29) is 18.4 Å². The summed E-state index contributed by atoms with van der Waals surface area (Å²) in [6.07, 6.45) is 8.85. The molecule has 0 atom stereocenters. The summed E-state index contributed by atoms with van der Waals surface area (Å²) in [5.41, 5.74) is 5.20. The van der Waals surface area contributed by atoms with Gasteiger partial charge in [-0.2, -0.15) is 5.10 Å². The van der Waals surface area contributed by atoms with E-state index in [9.17, 15) is 9.59 Å². The van der Waals surface area contributed by atoms with E-state index in [1.54, 1.807) is 4.68 Å². The highest BCUT2D eigenvalue weighted by atomic mass is 16.4. The van der Waals surface area contributed by atoms with Crippen LogP contribution in [0.2, 0.25) is 0 Å². The molecule has 3 aromatic rings. The number of aromatic nitrogens is 2. The smallest absolute Gasteiger partial charge is 0.289 e. The second-order valence-electron chi connectivity index (χ2n) is 10.6. The van der Waals surface area contributed by atoms with Crippen LogP contribution in [-0.2, 0) is 30.6 Å². The van der Waals surface area contributed by atoms with E-state index in [0.717, 1.165) is 99.3 Å². The van der Waals surface area contributed by atoms with Crippen LogP contribution in [0, 0.1) is 12.8 Å². The predicted molar refractivity (Wildman–Crippen MR) is 137 cm³/mol. The third-order valence-corrected chi connectivity index (χ3v) is 8.13.